The molecule has 0 aliphatic rings. The Morgan fingerprint density at radius 1 is 1.33 bits per heavy atom. The van der Waals surface area contributed by atoms with Crippen LogP contribution >= 0.6 is 11.3 Å². The molecule has 0 saturated carbocycles. The fraction of sp³-hybridized carbons (Fsp3) is 0.143. The number of nitrogens with one attached hydrogen (secondary N) is 1. The van der Waals surface area contributed by atoms with Gasteiger partial charge < -0.3 is 14.8 Å². The summed E-state index contributed by atoms with van der Waals surface area (Å²) in [5.74, 6) is 0.983. The number of amides is 1. The number of carbonyl (C=O) groups is 1. The first kappa shape index (κ1) is 13.4. The number of methoxy groups -OCH3 is 2. The van der Waals surface area contributed by atoms with Gasteiger partial charge in [0.1, 0.15) is 17.2 Å². The van der Waals surface area contributed by atoms with Gasteiger partial charge in [0.15, 0.2) is 4.96 Å². The van der Waals surface area contributed by atoms with Crippen molar-refractivity contribution in [1.82, 2.24) is 9.38 Å². The molecule has 3 rings (SSSR count). The molecule has 0 fully saturated rings. The fourth-order valence-electron chi connectivity index (χ4n) is 1.99. The summed E-state index contributed by atoms with van der Waals surface area (Å²) in [5, 5.41) is 4.60. The topological polar surface area (TPSA) is 64.9 Å². The maximum atomic E-state index is 12.4. The van der Waals surface area contributed by atoms with Gasteiger partial charge in [-0.1, -0.05) is 0 Å². The van der Waals surface area contributed by atoms with Crippen LogP contribution in [-0.2, 0) is 0 Å². The molecule has 0 saturated heterocycles. The molecular formula is C14H13N3O3S. The van der Waals surface area contributed by atoms with Crippen LogP contribution in [0.25, 0.3) is 4.96 Å². The molecule has 0 spiro atoms. The minimum atomic E-state index is -0.231. The van der Waals surface area contributed by atoms with Gasteiger partial charge in [-0.2, -0.15) is 0 Å². The zero-order valence-electron chi connectivity index (χ0n) is 11.5. The van der Waals surface area contributed by atoms with Crippen LogP contribution in [-0.4, -0.2) is 29.5 Å². The van der Waals surface area contributed by atoms with Crippen molar-refractivity contribution in [2.24, 2.45) is 0 Å². The minimum Gasteiger partial charge on any atom is -0.497 e. The molecule has 7 heteroatoms. The van der Waals surface area contributed by atoms with E-state index in [1.54, 1.807) is 54.6 Å². The normalized spacial score (nSPS) is 10.6. The van der Waals surface area contributed by atoms with Crippen LogP contribution in [0.15, 0.2) is 36.0 Å². The molecule has 2 aromatic heterocycles. The number of fused-ring (bicyclic) bond motifs is 1. The second-order valence-electron chi connectivity index (χ2n) is 4.22. The third kappa shape index (κ3) is 2.43. The molecule has 0 bridgehead atoms. The molecule has 6 nitrogen and oxygen atoms in total. The van der Waals surface area contributed by atoms with Gasteiger partial charge in [0.2, 0.25) is 0 Å². The maximum absolute atomic E-state index is 12.4. The van der Waals surface area contributed by atoms with E-state index in [0.717, 1.165) is 4.96 Å². The van der Waals surface area contributed by atoms with Crippen LogP contribution in [0.1, 0.15) is 10.5 Å². The first-order valence-corrected chi connectivity index (χ1v) is 7.05. The molecule has 2 heterocycles. The van der Waals surface area contributed by atoms with Gasteiger partial charge >= 0.3 is 0 Å². The lowest BCUT2D eigenvalue weighted by molar-refractivity contribution is 0.102. The molecule has 1 N–H and O–H groups in total. The summed E-state index contributed by atoms with van der Waals surface area (Å²) in [7, 11) is 3.12. The molecule has 1 aromatic carbocycles. The first-order chi connectivity index (χ1) is 10.2. The molecule has 1 amide bonds. The van der Waals surface area contributed by atoms with Gasteiger partial charge in [-0.05, 0) is 12.1 Å². The number of thiazole rings is 1. The van der Waals surface area contributed by atoms with Crippen molar-refractivity contribution in [2.45, 2.75) is 0 Å². The monoisotopic (exact) mass is 303 g/mol. The molecule has 3 aromatic rings. The van der Waals surface area contributed by atoms with E-state index in [2.05, 4.69) is 10.3 Å². The molecular weight excluding hydrogens is 290 g/mol. The van der Waals surface area contributed by atoms with E-state index in [1.165, 1.54) is 11.3 Å². The van der Waals surface area contributed by atoms with E-state index in [-0.39, 0.29) is 5.91 Å². The van der Waals surface area contributed by atoms with Crippen molar-refractivity contribution in [1.29, 1.82) is 0 Å². The zero-order chi connectivity index (χ0) is 14.8. The molecule has 0 radical (unpaired) electrons. The van der Waals surface area contributed by atoms with Gasteiger partial charge in [0, 0.05) is 23.8 Å². The molecule has 0 atom stereocenters. The van der Waals surface area contributed by atoms with Crippen molar-refractivity contribution in [3.8, 4) is 11.5 Å². The van der Waals surface area contributed by atoms with Crippen LogP contribution in [0.3, 0.4) is 0 Å². The van der Waals surface area contributed by atoms with E-state index in [1.807, 2.05) is 0 Å². The van der Waals surface area contributed by atoms with Crippen LogP contribution in [0.5, 0.6) is 11.5 Å². The molecule has 0 unspecified atom stereocenters. The Bertz CT molecular complexity index is 794. The highest BCUT2D eigenvalue weighted by Crippen LogP contribution is 2.29. The fourth-order valence-corrected chi connectivity index (χ4v) is 2.82. The highest BCUT2D eigenvalue weighted by atomic mass is 32.1. The lowest BCUT2D eigenvalue weighted by Gasteiger charge is -2.11. The molecule has 0 aliphatic carbocycles. The van der Waals surface area contributed by atoms with Crippen molar-refractivity contribution >= 4 is 27.9 Å². The third-order valence-corrected chi connectivity index (χ3v) is 3.88. The number of rotatable bonds is 4. The summed E-state index contributed by atoms with van der Waals surface area (Å²) in [5.41, 5.74) is 1.08. The average molecular weight is 303 g/mol. The van der Waals surface area contributed by atoms with Crippen molar-refractivity contribution in [2.75, 3.05) is 19.5 Å². The van der Waals surface area contributed by atoms with Gasteiger partial charge in [0.05, 0.1) is 19.9 Å². The largest absolute Gasteiger partial charge is 0.497 e. The van der Waals surface area contributed by atoms with Gasteiger partial charge in [-0.3, -0.25) is 9.20 Å². The summed E-state index contributed by atoms with van der Waals surface area (Å²) < 4.78 is 12.2. The lowest BCUT2D eigenvalue weighted by Crippen LogP contribution is -2.14. The van der Waals surface area contributed by atoms with Crippen LogP contribution < -0.4 is 14.8 Å². The highest BCUT2D eigenvalue weighted by Gasteiger charge is 2.15. The number of carbonyl (C=O) groups excluding carboxylic acids is 1. The standard InChI is InChI=1S/C14H13N3O3S/c1-19-9-3-4-12(20-2)10(7-9)16-13(18)11-8-21-14-15-5-6-17(11)14/h3-8H,1-2H3,(H,16,18). The highest BCUT2D eigenvalue weighted by molar-refractivity contribution is 7.15. The van der Waals surface area contributed by atoms with E-state index in [9.17, 15) is 4.79 Å². The number of anilines is 1. The number of ether oxygens (including phenoxy) is 2. The number of hydrogen-bond acceptors (Lipinski definition) is 5. The minimum absolute atomic E-state index is 0.231. The Hall–Kier alpha value is -2.54. The maximum Gasteiger partial charge on any atom is 0.273 e. The predicted molar refractivity (Wildman–Crippen MR) is 80.6 cm³/mol. The number of benzene rings is 1. The lowest BCUT2D eigenvalue weighted by atomic mass is 10.2. The van der Waals surface area contributed by atoms with E-state index >= 15 is 0 Å². The quantitative estimate of drug-likeness (QED) is 0.805. The molecule has 21 heavy (non-hydrogen) atoms. The Kier molecular flexibility index (Phi) is 3.49. The molecule has 108 valence electrons. The van der Waals surface area contributed by atoms with Crippen molar-refractivity contribution < 1.29 is 14.3 Å². The Balaban J connectivity index is 1.92. The summed E-state index contributed by atoms with van der Waals surface area (Å²) >= 11 is 1.41. The van der Waals surface area contributed by atoms with E-state index in [4.69, 9.17) is 9.47 Å². The Labute approximate surface area is 124 Å². The average Bonchev–Trinajstić information content (AvgIpc) is 3.09. The number of aromatic nitrogens is 2. The number of imidazole rings is 1. The summed E-state index contributed by atoms with van der Waals surface area (Å²) in [6.45, 7) is 0. The van der Waals surface area contributed by atoms with Gasteiger partial charge in [-0.15, -0.1) is 11.3 Å². The first-order valence-electron chi connectivity index (χ1n) is 6.17. The number of nitrogens with zero attached hydrogens (tertiary/aromatic N) is 2. The van der Waals surface area contributed by atoms with Gasteiger partial charge in [0.25, 0.3) is 5.91 Å². The zero-order valence-corrected chi connectivity index (χ0v) is 12.3. The summed E-state index contributed by atoms with van der Waals surface area (Å²) in [6, 6.07) is 5.23. The number of hydrogen-bond donors (Lipinski definition) is 1. The second-order valence-corrected chi connectivity index (χ2v) is 5.06. The molecule has 0 aliphatic heterocycles. The second kappa shape index (κ2) is 5.45. The SMILES string of the molecule is COc1ccc(OC)c(NC(=O)c2csc3nccn23)c1. The summed E-state index contributed by atoms with van der Waals surface area (Å²) in [4.78, 5) is 17.3. The van der Waals surface area contributed by atoms with E-state index < -0.39 is 0 Å². The third-order valence-electron chi connectivity index (χ3n) is 3.03. The van der Waals surface area contributed by atoms with Crippen LogP contribution in [0.2, 0.25) is 0 Å². The smallest absolute Gasteiger partial charge is 0.273 e. The van der Waals surface area contributed by atoms with Crippen molar-refractivity contribution in [3.05, 3.63) is 41.7 Å². The summed E-state index contributed by atoms with van der Waals surface area (Å²) in [6.07, 6.45) is 3.41. The van der Waals surface area contributed by atoms with E-state index in [0.29, 0.717) is 22.9 Å². The van der Waals surface area contributed by atoms with Crippen LogP contribution in [0.4, 0.5) is 5.69 Å². The Morgan fingerprint density at radius 2 is 2.19 bits per heavy atom. The van der Waals surface area contributed by atoms with Crippen molar-refractivity contribution in [3.63, 3.8) is 0 Å². The Morgan fingerprint density at radius 3 is 2.95 bits per heavy atom. The van der Waals surface area contributed by atoms with Gasteiger partial charge in [-0.25, -0.2) is 4.98 Å². The van der Waals surface area contributed by atoms with Crippen LogP contribution in [0, 0.1) is 0 Å². The predicted octanol–water partition coefficient (Wildman–Crippen LogP) is 2.67.